The van der Waals surface area contributed by atoms with Crippen molar-refractivity contribution in [2.24, 2.45) is 9.98 Å². The van der Waals surface area contributed by atoms with Gasteiger partial charge in [0, 0.05) is 52.4 Å². The number of hydrogen-bond donors (Lipinski definition) is 0. The van der Waals surface area contributed by atoms with Gasteiger partial charge in [-0.05, 0) is 25.7 Å². The van der Waals surface area contributed by atoms with Crippen LogP contribution in [0.4, 0.5) is 11.6 Å². The van der Waals surface area contributed by atoms with E-state index in [-0.39, 0.29) is 0 Å². The van der Waals surface area contributed by atoms with Crippen LogP contribution in [-0.2, 0) is 0 Å². The van der Waals surface area contributed by atoms with E-state index in [2.05, 4.69) is 24.6 Å². The van der Waals surface area contributed by atoms with E-state index in [1.165, 1.54) is 0 Å². The van der Waals surface area contributed by atoms with Gasteiger partial charge in [0.2, 0.25) is 11.9 Å². The lowest BCUT2D eigenvalue weighted by atomic mass is 10.2. The third-order valence-corrected chi connectivity index (χ3v) is 5.51. The lowest BCUT2D eigenvalue weighted by Gasteiger charge is -2.41. The normalized spacial score (nSPS) is 23.2. The lowest BCUT2D eigenvalue weighted by molar-refractivity contribution is 0.358. The first-order chi connectivity index (χ1) is 12.9. The molecule has 0 amide bonds. The maximum absolute atomic E-state index is 4.98. The minimum absolute atomic E-state index is 0.904. The Kier molecular flexibility index (Phi) is 4.10. The number of guanidine groups is 2. The van der Waals surface area contributed by atoms with Gasteiger partial charge in [0.15, 0.2) is 11.6 Å². The number of rotatable bonds is 2. The molecule has 1 aromatic rings. The quantitative estimate of drug-likeness (QED) is 0.790. The summed E-state index contributed by atoms with van der Waals surface area (Å²) in [6.07, 6.45) is 8.30. The summed E-state index contributed by atoms with van der Waals surface area (Å²) < 4.78 is 0. The average Bonchev–Trinajstić information content (AvgIpc) is 2.73. The van der Waals surface area contributed by atoms with E-state index in [0.29, 0.717) is 0 Å². The van der Waals surface area contributed by atoms with Gasteiger partial charge in [-0.25, -0.2) is 4.98 Å². The van der Waals surface area contributed by atoms with Gasteiger partial charge in [0.1, 0.15) is 0 Å². The third kappa shape index (κ3) is 2.77. The summed E-state index contributed by atoms with van der Waals surface area (Å²) in [6, 6.07) is 0. The second kappa shape index (κ2) is 6.74. The van der Waals surface area contributed by atoms with E-state index in [9.17, 15) is 0 Å². The Morgan fingerprint density at radius 2 is 1.12 bits per heavy atom. The van der Waals surface area contributed by atoms with Crippen LogP contribution in [0.3, 0.4) is 0 Å². The Hall–Kier alpha value is -2.38. The zero-order chi connectivity index (χ0) is 17.3. The smallest absolute Gasteiger partial charge is 0.202 e. The molecule has 0 aromatic carbocycles. The number of hydrogen-bond acceptors (Lipinski definition) is 8. The molecule has 4 aliphatic heterocycles. The van der Waals surface area contributed by atoms with E-state index < -0.39 is 0 Å². The molecule has 2 saturated heterocycles. The highest BCUT2D eigenvalue weighted by Crippen LogP contribution is 2.24. The summed E-state index contributed by atoms with van der Waals surface area (Å²) in [6.45, 7) is 8.13. The van der Waals surface area contributed by atoms with Crippen molar-refractivity contribution in [1.82, 2.24) is 19.8 Å². The summed E-state index contributed by atoms with van der Waals surface area (Å²) in [5, 5.41) is 0. The van der Waals surface area contributed by atoms with Gasteiger partial charge in [0.05, 0.1) is 12.4 Å². The first kappa shape index (κ1) is 15.8. The van der Waals surface area contributed by atoms with Gasteiger partial charge in [-0.3, -0.25) is 24.8 Å². The van der Waals surface area contributed by atoms with E-state index in [1.807, 2.05) is 12.4 Å². The molecule has 0 unspecified atom stereocenters. The minimum Gasteiger partial charge on any atom is -0.342 e. The van der Waals surface area contributed by atoms with Crippen molar-refractivity contribution in [2.45, 2.75) is 25.7 Å². The molecule has 5 rings (SSSR count). The van der Waals surface area contributed by atoms with E-state index >= 15 is 0 Å². The van der Waals surface area contributed by atoms with Gasteiger partial charge in [-0.15, -0.1) is 0 Å². The van der Waals surface area contributed by atoms with E-state index in [1.54, 1.807) is 0 Å². The van der Waals surface area contributed by atoms with Crippen LogP contribution in [0.2, 0.25) is 0 Å². The van der Waals surface area contributed by atoms with Gasteiger partial charge in [0.25, 0.3) is 0 Å². The Morgan fingerprint density at radius 3 is 1.65 bits per heavy atom. The van der Waals surface area contributed by atoms with Crippen molar-refractivity contribution in [3.8, 4) is 0 Å². The van der Waals surface area contributed by atoms with Gasteiger partial charge >= 0.3 is 0 Å². The molecular weight excluding hydrogens is 328 g/mol. The Morgan fingerprint density at radius 1 is 0.615 bits per heavy atom. The highest BCUT2D eigenvalue weighted by Gasteiger charge is 2.30. The monoisotopic (exact) mass is 354 g/mol. The Balaban J connectivity index is 1.45. The minimum atomic E-state index is 0.904. The first-order valence-electron chi connectivity index (χ1n) is 9.86. The fourth-order valence-corrected chi connectivity index (χ4v) is 4.30. The zero-order valence-electron chi connectivity index (χ0n) is 15.2. The zero-order valence-corrected chi connectivity index (χ0v) is 15.2. The van der Waals surface area contributed by atoms with E-state index in [0.717, 1.165) is 102 Å². The molecule has 0 atom stereocenters. The largest absolute Gasteiger partial charge is 0.342 e. The highest BCUT2D eigenvalue weighted by molar-refractivity contribution is 5.98. The van der Waals surface area contributed by atoms with Crippen LogP contribution in [0.5, 0.6) is 0 Å². The SMILES string of the molecule is c1ncc(N2CCCN3CCCN=C32)nc1N1CCCN2CCCN=C21. The van der Waals surface area contributed by atoms with Crippen molar-refractivity contribution in [3.05, 3.63) is 12.4 Å². The number of fused-ring (bicyclic) bond motifs is 2. The van der Waals surface area contributed by atoms with Crippen LogP contribution in [0, 0.1) is 0 Å². The molecule has 4 aliphatic rings. The molecule has 138 valence electrons. The second-order valence-electron chi connectivity index (χ2n) is 7.29. The highest BCUT2D eigenvalue weighted by atomic mass is 15.5. The number of nitrogens with zero attached hydrogens (tertiary/aromatic N) is 8. The summed E-state index contributed by atoms with van der Waals surface area (Å²) in [5.74, 6) is 3.95. The molecule has 0 bridgehead atoms. The molecule has 0 N–H and O–H groups in total. The van der Waals surface area contributed by atoms with Crippen LogP contribution in [0.25, 0.3) is 0 Å². The molecular formula is C18H26N8. The van der Waals surface area contributed by atoms with Crippen LogP contribution >= 0.6 is 0 Å². The van der Waals surface area contributed by atoms with Crippen molar-refractivity contribution < 1.29 is 0 Å². The molecule has 0 radical (unpaired) electrons. The van der Waals surface area contributed by atoms with Crippen LogP contribution in [0.1, 0.15) is 25.7 Å². The maximum atomic E-state index is 4.98. The predicted octanol–water partition coefficient (Wildman–Crippen LogP) is 1.02. The van der Waals surface area contributed by atoms with E-state index in [4.69, 9.17) is 15.0 Å². The molecule has 26 heavy (non-hydrogen) atoms. The molecule has 2 fully saturated rings. The summed E-state index contributed by atoms with van der Waals surface area (Å²) >= 11 is 0. The molecule has 1 aromatic heterocycles. The summed E-state index contributed by atoms with van der Waals surface area (Å²) in [5.41, 5.74) is 0. The Labute approximate surface area is 154 Å². The van der Waals surface area contributed by atoms with Gasteiger partial charge < -0.3 is 9.80 Å². The molecule has 8 heteroatoms. The first-order valence-corrected chi connectivity index (χ1v) is 9.86. The standard InChI is InChI=1S/C18H26N8/c1-5-20-17-23(7-1)9-3-11-25(17)15-13-19-14-16(22-15)26-12-4-10-24-8-2-6-21-18(24)26/h13-14H,1-12H2. The lowest BCUT2D eigenvalue weighted by Crippen LogP contribution is -2.54. The average molecular weight is 354 g/mol. The Bertz CT molecular complexity index is 672. The molecule has 5 heterocycles. The molecule has 0 spiro atoms. The van der Waals surface area contributed by atoms with Gasteiger partial charge in [-0.1, -0.05) is 0 Å². The number of aromatic nitrogens is 2. The van der Waals surface area contributed by atoms with Crippen molar-refractivity contribution in [2.75, 3.05) is 62.2 Å². The number of anilines is 2. The third-order valence-electron chi connectivity index (χ3n) is 5.51. The summed E-state index contributed by atoms with van der Waals surface area (Å²) in [7, 11) is 0. The van der Waals surface area contributed by atoms with Crippen molar-refractivity contribution in [1.29, 1.82) is 0 Å². The van der Waals surface area contributed by atoms with Crippen LogP contribution in [-0.4, -0.2) is 84.0 Å². The van der Waals surface area contributed by atoms with Crippen molar-refractivity contribution >= 4 is 23.6 Å². The number of aliphatic imine (C=N–C) groups is 2. The fraction of sp³-hybridized carbons (Fsp3) is 0.667. The van der Waals surface area contributed by atoms with Gasteiger partial charge in [-0.2, -0.15) is 0 Å². The second-order valence-corrected chi connectivity index (χ2v) is 7.29. The predicted molar refractivity (Wildman–Crippen MR) is 103 cm³/mol. The van der Waals surface area contributed by atoms with Crippen molar-refractivity contribution in [3.63, 3.8) is 0 Å². The molecule has 0 saturated carbocycles. The van der Waals surface area contributed by atoms with Crippen LogP contribution < -0.4 is 9.80 Å². The topological polar surface area (TPSA) is 63.5 Å². The molecule has 8 nitrogen and oxygen atoms in total. The van der Waals surface area contributed by atoms with Crippen LogP contribution in [0.15, 0.2) is 22.4 Å². The summed E-state index contributed by atoms with van der Waals surface area (Å²) in [4.78, 5) is 28.3. The maximum Gasteiger partial charge on any atom is 0.202 e. The molecule has 0 aliphatic carbocycles. The fourth-order valence-electron chi connectivity index (χ4n) is 4.30.